The highest BCUT2D eigenvalue weighted by Gasteiger charge is 2.31. The summed E-state index contributed by atoms with van der Waals surface area (Å²) in [4.78, 5) is 0. The van der Waals surface area contributed by atoms with E-state index in [-0.39, 0.29) is 6.04 Å². The number of aromatic nitrogens is 2. The third-order valence-electron chi connectivity index (χ3n) is 4.75. The summed E-state index contributed by atoms with van der Waals surface area (Å²) in [5.74, 6) is 0.790. The Labute approximate surface area is 125 Å². The zero-order valence-corrected chi connectivity index (χ0v) is 13.1. The van der Waals surface area contributed by atoms with Crippen molar-refractivity contribution in [2.45, 2.75) is 45.8 Å². The van der Waals surface area contributed by atoms with Gasteiger partial charge in [-0.1, -0.05) is 6.07 Å². The predicted octanol–water partition coefficient (Wildman–Crippen LogP) is 3.04. The van der Waals surface area contributed by atoms with Crippen molar-refractivity contribution in [2.75, 3.05) is 7.11 Å². The summed E-state index contributed by atoms with van der Waals surface area (Å²) >= 11 is 0. The number of methoxy groups -OCH3 is 1. The predicted molar refractivity (Wildman–Crippen MR) is 81.7 cm³/mol. The van der Waals surface area contributed by atoms with E-state index >= 15 is 0 Å². The zero-order valence-electron chi connectivity index (χ0n) is 13.1. The van der Waals surface area contributed by atoms with E-state index in [0.717, 1.165) is 35.5 Å². The largest absolute Gasteiger partial charge is 0.497 e. The lowest BCUT2D eigenvalue weighted by molar-refractivity contribution is 0.0906. The van der Waals surface area contributed by atoms with Crippen LogP contribution in [-0.2, 0) is 6.42 Å². The van der Waals surface area contributed by atoms with Gasteiger partial charge in [-0.15, -0.1) is 0 Å². The minimum atomic E-state index is -0.541. The molecular weight excluding hydrogens is 264 g/mol. The van der Waals surface area contributed by atoms with Gasteiger partial charge in [0, 0.05) is 5.69 Å². The molecule has 0 saturated heterocycles. The number of rotatable bonds is 2. The Kier molecular flexibility index (Phi) is 3.49. The number of hydrogen-bond acceptors (Lipinski definition) is 3. The van der Waals surface area contributed by atoms with Crippen LogP contribution in [0.4, 0.5) is 0 Å². The van der Waals surface area contributed by atoms with Crippen molar-refractivity contribution in [3.8, 4) is 5.75 Å². The van der Waals surface area contributed by atoms with Crippen molar-refractivity contribution in [2.24, 2.45) is 0 Å². The minimum absolute atomic E-state index is 0.00277. The molecule has 0 amide bonds. The fourth-order valence-corrected chi connectivity index (χ4v) is 3.20. The van der Waals surface area contributed by atoms with E-state index in [9.17, 15) is 5.11 Å². The number of aryl methyl sites for hydroxylation is 2. The SMILES string of the molecule is COc1ccc2c(c1)C(O)C(n1nc(C)c(C)c1C)CC2. The molecule has 2 unspecified atom stereocenters. The molecule has 2 atom stereocenters. The first kappa shape index (κ1) is 14.1. The van der Waals surface area contributed by atoms with Crippen LogP contribution in [-0.4, -0.2) is 22.0 Å². The van der Waals surface area contributed by atoms with Gasteiger partial charge in [-0.3, -0.25) is 4.68 Å². The van der Waals surface area contributed by atoms with Crippen LogP contribution in [0.25, 0.3) is 0 Å². The lowest BCUT2D eigenvalue weighted by Gasteiger charge is -2.31. The molecule has 0 radical (unpaired) electrons. The Morgan fingerprint density at radius 1 is 1.29 bits per heavy atom. The monoisotopic (exact) mass is 286 g/mol. The van der Waals surface area contributed by atoms with Crippen molar-refractivity contribution >= 4 is 0 Å². The van der Waals surface area contributed by atoms with Crippen LogP contribution in [0.2, 0.25) is 0 Å². The van der Waals surface area contributed by atoms with E-state index in [4.69, 9.17) is 4.74 Å². The van der Waals surface area contributed by atoms with Crippen LogP contribution in [0.3, 0.4) is 0 Å². The smallest absolute Gasteiger partial charge is 0.119 e. The number of hydrogen-bond donors (Lipinski definition) is 1. The first-order valence-corrected chi connectivity index (χ1v) is 7.40. The van der Waals surface area contributed by atoms with Crippen LogP contribution >= 0.6 is 0 Å². The number of benzene rings is 1. The highest BCUT2D eigenvalue weighted by molar-refractivity contribution is 5.39. The van der Waals surface area contributed by atoms with Gasteiger partial charge in [-0.2, -0.15) is 5.10 Å². The zero-order chi connectivity index (χ0) is 15.1. The Balaban J connectivity index is 2.01. The molecule has 1 aromatic carbocycles. The average Bonchev–Trinajstić information content (AvgIpc) is 2.75. The number of fused-ring (bicyclic) bond motifs is 1. The summed E-state index contributed by atoms with van der Waals surface area (Å²) < 4.78 is 7.28. The maximum absolute atomic E-state index is 10.8. The van der Waals surface area contributed by atoms with Crippen molar-refractivity contribution < 1.29 is 9.84 Å². The van der Waals surface area contributed by atoms with Gasteiger partial charge in [0.05, 0.1) is 18.8 Å². The van der Waals surface area contributed by atoms with Crippen LogP contribution in [0.1, 0.15) is 46.6 Å². The van der Waals surface area contributed by atoms with Crippen LogP contribution in [0, 0.1) is 20.8 Å². The van der Waals surface area contributed by atoms with Gasteiger partial charge in [0.25, 0.3) is 0 Å². The van der Waals surface area contributed by atoms with Gasteiger partial charge >= 0.3 is 0 Å². The van der Waals surface area contributed by atoms with E-state index in [1.165, 1.54) is 11.1 Å². The molecule has 4 nitrogen and oxygen atoms in total. The van der Waals surface area contributed by atoms with Crippen LogP contribution < -0.4 is 4.74 Å². The maximum Gasteiger partial charge on any atom is 0.119 e. The fraction of sp³-hybridized carbons (Fsp3) is 0.471. The molecule has 1 heterocycles. The molecule has 0 saturated carbocycles. The molecule has 0 spiro atoms. The number of ether oxygens (including phenoxy) is 1. The standard InChI is InChI=1S/C17H22N2O2/c1-10-11(2)18-19(12(10)3)16-8-6-13-5-7-14(21-4)9-15(13)17(16)20/h5,7,9,16-17,20H,6,8H2,1-4H3. The average molecular weight is 286 g/mol. The summed E-state index contributed by atoms with van der Waals surface area (Å²) in [7, 11) is 1.65. The van der Waals surface area contributed by atoms with Gasteiger partial charge in [-0.25, -0.2) is 0 Å². The molecule has 0 bridgehead atoms. The third kappa shape index (κ3) is 2.23. The molecule has 2 aromatic rings. The minimum Gasteiger partial charge on any atom is -0.497 e. The van der Waals surface area contributed by atoms with E-state index in [0.29, 0.717) is 0 Å². The van der Waals surface area contributed by atoms with Crippen molar-refractivity contribution in [1.82, 2.24) is 9.78 Å². The highest BCUT2D eigenvalue weighted by atomic mass is 16.5. The van der Waals surface area contributed by atoms with Crippen molar-refractivity contribution in [3.63, 3.8) is 0 Å². The number of aliphatic hydroxyl groups excluding tert-OH is 1. The lowest BCUT2D eigenvalue weighted by Crippen LogP contribution is -2.25. The van der Waals surface area contributed by atoms with E-state index < -0.39 is 6.10 Å². The first-order chi connectivity index (χ1) is 10.0. The Morgan fingerprint density at radius 2 is 2.05 bits per heavy atom. The van der Waals surface area contributed by atoms with Gasteiger partial charge in [-0.05, 0) is 62.4 Å². The Bertz CT molecular complexity index is 676. The summed E-state index contributed by atoms with van der Waals surface area (Å²) in [6, 6.07) is 5.96. The van der Waals surface area contributed by atoms with E-state index in [1.54, 1.807) is 7.11 Å². The van der Waals surface area contributed by atoms with Crippen molar-refractivity contribution in [3.05, 3.63) is 46.3 Å². The van der Waals surface area contributed by atoms with Gasteiger partial charge < -0.3 is 9.84 Å². The molecule has 1 N–H and O–H groups in total. The Morgan fingerprint density at radius 3 is 2.67 bits per heavy atom. The molecular formula is C17H22N2O2. The normalized spacial score (nSPS) is 21.2. The van der Waals surface area contributed by atoms with E-state index in [2.05, 4.69) is 25.0 Å². The molecule has 0 fully saturated rings. The maximum atomic E-state index is 10.8. The summed E-state index contributed by atoms with van der Waals surface area (Å²) in [6.07, 6.45) is 1.32. The van der Waals surface area contributed by atoms with Gasteiger partial charge in [0.15, 0.2) is 0 Å². The lowest BCUT2D eigenvalue weighted by atomic mass is 9.85. The third-order valence-corrected chi connectivity index (χ3v) is 4.75. The van der Waals surface area contributed by atoms with Gasteiger partial charge in [0.1, 0.15) is 11.9 Å². The number of nitrogens with zero attached hydrogens (tertiary/aromatic N) is 2. The summed E-state index contributed by atoms with van der Waals surface area (Å²) in [5, 5.41) is 15.4. The quantitative estimate of drug-likeness (QED) is 0.923. The second-order valence-electron chi connectivity index (χ2n) is 5.86. The second-order valence-corrected chi connectivity index (χ2v) is 5.86. The number of aliphatic hydroxyl groups is 1. The topological polar surface area (TPSA) is 47.3 Å². The second kappa shape index (κ2) is 5.19. The fourth-order valence-electron chi connectivity index (χ4n) is 3.20. The summed E-state index contributed by atoms with van der Waals surface area (Å²) in [6.45, 7) is 6.18. The molecule has 0 aliphatic heterocycles. The molecule has 21 heavy (non-hydrogen) atoms. The van der Waals surface area contributed by atoms with E-state index in [1.807, 2.05) is 23.7 Å². The molecule has 1 aliphatic rings. The van der Waals surface area contributed by atoms with Crippen LogP contribution in [0.15, 0.2) is 18.2 Å². The highest BCUT2D eigenvalue weighted by Crippen LogP contribution is 2.39. The van der Waals surface area contributed by atoms with Crippen molar-refractivity contribution in [1.29, 1.82) is 0 Å². The molecule has 112 valence electrons. The van der Waals surface area contributed by atoms with Crippen LogP contribution in [0.5, 0.6) is 5.75 Å². The molecule has 1 aromatic heterocycles. The molecule has 3 rings (SSSR count). The molecule has 1 aliphatic carbocycles. The Hall–Kier alpha value is -1.81. The van der Waals surface area contributed by atoms with Gasteiger partial charge in [0.2, 0.25) is 0 Å². The summed E-state index contributed by atoms with van der Waals surface area (Å²) in [5.41, 5.74) is 5.56. The molecule has 4 heteroatoms. The first-order valence-electron chi connectivity index (χ1n) is 7.40.